The molecule has 2 amide bonds. The first-order chi connectivity index (χ1) is 11.3. The van der Waals surface area contributed by atoms with E-state index in [9.17, 15) is 9.59 Å². The zero-order valence-electron chi connectivity index (χ0n) is 15.1. The number of amides is 2. The number of ether oxygens (including phenoxy) is 2. The lowest BCUT2D eigenvalue weighted by molar-refractivity contribution is 0.0328. The lowest BCUT2D eigenvalue weighted by Crippen LogP contribution is -2.52. The summed E-state index contributed by atoms with van der Waals surface area (Å²) in [5, 5.41) is 1.20. The van der Waals surface area contributed by atoms with Crippen molar-refractivity contribution in [2.45, 2.75) is 65.7 Å². The lowest BCUT2D eigenvalue weighted by atomic mass is 10.1. The summed E-state index contributed by atoms with van der Waals surface area (Å²) in [7, 11) is 0. The molecular formula is C18H28N2O4. The molecule has 6 nitrogen and oxygen atoms in total. The largest absolute Gasteiger partial charge is 0.446 e. The number of carbonyl (C=O) groups excluding carboxylic acids is 2. The van der Waals surface area contributed by atoms with Gasteiger partial charge in [0.2, 0.25) is 0 Å². The highest BCUT2D eigenvalue weighted by atomic mass is 16.6. The quantitative estimate of drug-likeness (QED) is 0.800. The molecule has 1 rings (SSSR count). The van der Waals surface area contributed by atoms with E-state index in [2.05, 4.69) is 5.43 Å². The highest BCUT2D eigenvalue weighted by Crippen LogP contribution is 2.11. The van der Waals surface area contributed by atoms with Crippen molar-refractivity contribution in [2.75, 3.05) is 0 Å². The van der Waals surface area contributed by atoms with Gasteiger partial charge in [0.15, 0.2) is 0 Å². The van der Waals surface area contributed by atoms with Crippen LogP contribution in [0.2, 0.25) is 0 Å². The molecule has 0 aromatic heterocycles. The Morgan fingerprint density at radius 3 is 2.12 bits per heavy atom. The fourth-order valence-electron chi connectivity index (χ4n) is 2.08. The Labute approximate surface area is 144 Å². The Kier molecular flexibility index (Phi) is 8.09. The van der Waals surface area contributed by atoms with Crippen molar-refractivity contribution in [2.24, 2.45) is 0 Å². The van der Waals surface area contributed by atoms with Crippen LogP contribution in [0.4, 0.5) is 9.59 Å². The molecule has 0 bridgehead atoms. The van der Waals surface area contributed by atoms with E-state index in [0.717, 1.165) is 6.42 Å². The number of aryl methyl sites for hydroxylation is 1. The molecule has 134 valence electrons. The first kappa shape index (κ1) is 19.8. The smallest absolute Gasteiger partial charge is 0.429 e. The zero-order valence-corrected chi connectivity index (χ0v) is 15.1. The minimum atomic E-state index is -0.669. The number of rotatable bonds is 6. The third-order valence-electron chi connectivity index (χ3n) is 3.22. The van der Waals surface area contributed by atoms with Crippen LogP contribution in [0.15, 0.2) is 30.3 Å². The Morgan fingerprint density at radius 1 is 1.00 bits per heavy atom. The molecule has 0 radical (unpaired) electrons. The van der Waals surface area contributed by atoms with Gasteiger partial charge in [-0.2, -0.15) is 0 Å². The van der Waals surface area contributed by atoms with E-state index in [4.69, 9.17) is 9.47 Å². The van der Waals surface area contributed by atoms with Crippen LogP contribution in [0.5, 0.6) is 0 Å². The molecule has 0 aliphatic rings. The van der Waals surface area contributed by atoms with Gasteiger partial charge < -0.3 is 9.47 Å². The number of hydrazine groups is 1. The summed E-state index contributed by atoms with van der Waals surface area (Å²) in [6.45, 7) is 8.87. The molecule has 6 heteroatoms. The van der Waals surface area contributed by atoms with E-state index in [1.54, 1.807) is 27.7 Å². The van der Waals surface area contributed by atoms with Crippen molar-refractivity contribution in [3.63, 3.8) is 0 Å². The summed E-state index contributed by atoms with van der Waals surface area (Å²) in [5.41, 5.74) is 3.66. The Bertz CT molecular complexity index is 517. The number of hydrogen-bond acceptors (Lipinski definition) is 4. The molecule has 0 heterocycles. The van der Waals surface area contributed by atoms with Crippen molar-refractivity contribution < 1.29 is 19.1 Å². The molecule has 0 saturated carbocycles. The van der Waals surface area contributed by atoms with E-state index in [0.29, 0.717) is 6.42 Å². The maximum atomic E-state index is 12.3. The minimum absolute atomic E-state index is 0.240. The van der Waals surface area contributed by atoms with Gasteiger partial charge in [-0.3, -0.25) is 0 Å². The van der Waals surface area contributed by atoms with E-state index in [-0.39, 0.29) is 18.2 Å². The van der Waals surface area contributed by atoms with Gasteiger partial charge in [-0.1, -0.05) is 30.3 Å². The number of nitrogens with one attached hydrogen (secondary N) is 1. The molecule has 1 N–H and O–H groups in total. The van der Waals surface area contributed by atoms with Gasteiger partial charge >= 0.3 is 12.2 Å². The van der Waals surface area contributed by atoms with Crippen molar-refractivity contribution in [3.05, 3.63) is 35.9 Å². The SMILES string of the molecule is CC(C)OC(=O)NN(C(=O)OC(C)C)C(C)CCc1ccccc1. The van der Waals surface area contributed by atoms with Gasteiger partial charge in [0, 0.05) is 0 Å². The molecule has 0 aliphatic carbocycles. The van der Waals surface area contributed by atoms with Crippen LogP contribution in [0.3, 0.4) is 0 Å². The summed E-state index contributed by atoms with van der Waals surface area (Å²) in [6.07, 6.45) is -0.339. The maximum absolute atomic E-state index is 12.3. The third kappa shape index (κ3) is 7.35. The fourth-order valence-corrected chi connectivity index (χ4v) is 2.08. The topological polar surface area (TPSA) is 67.9 Å². The van der Waals surface area contributed by atoms with Crippen LogP contribution in [0.25, 0.3) is 0 Å². The van der Waals surface area contributed by atoms with Gasteiger partial charge in [0.05, 0.1) is 18.2 Å². The summed E-state index contributed by atoms with van der Waals surface area (Å²) in [5.74, 6) is 0. The molecule has 0 fully saturated rings. The van der Waals surface area contributed by atoms with Gasteiger partial charge in [0.25, 0.3) is 0 Å². The second-order valence-corrected chi connectivity index (χ2v) is 6.24. The van der Waals surface area contributed by atoms with Crippen molar-refractivity contribution in [3.8, 4) is 0 Å². The molecular weight excluding hydrogens is 308 g/mol. The molecule has 0 spiro atoms. The number of benzene rings is 1. The van der Waals surface area contributed by atoms with Crippen LogP contribution >= 0.6 is 0 Å². The van der Waals surface area contributed by atoms with Gasteiger partial charge in [-0.25, -0.2) is 20.0 Å². The molecule has 1 unspecified atom stereocenters. The normalized spacial score (nSPS) is 12.0. The molecule has 1 aromatic rings. The van der Waals surface area contributed by atoms with E-state index in [1.807, 2.05) is 37.3 Å². The summed E-state index contributed by atoms with van der Waals surface area (Å²) < 4.78 is 10.3. The monoisotopic (exact) mass is 336 g/mol. The average molecular weight is 336 g/mol. The first-order valence-corrected chi connectivity index (χ1v) is 8.30. The summed E-state index contributed by atoms with van der Waals surface area (Å²) in [4.78, 5) is 24.1. The molecule has 1 atom stereocenters. The molecule has 0 saturated heterocycles. The number of hydrogen-bond donors (Lipinski definition) is 1. The van der Waals surface area contributed by atoms with Crippen molar-refractivity contribution in [1.82, 2.24) is 10.4 Å². The second-order valence-electron chi connectivity index (χ2n) is 6.24. The van der Waals surface area contributed by atoms with Crippen LogP contribution in [0, 0.1) is 0 Å². The predicted molar refractivity (Wildman–Crippen MR) is 92.4 cm³/mol. The van der Waals surface area contributed by atoms with Crippen LogP contribution in [0.1, 0.15) is 46.6 Å². The highest BCUT2D eigenvalue weighted by molar-refractivity contribution is 5.74. The molecule has 0 aliphatic heterocycles. The van der Waals surface area contributed by atoms with Crippen LogP contribution < -0.4 is 5.43 Å². The Balaban J connectivity index is 2.70. The second kappa shape index (κ2) is 9.80. The lowest BCUT2D eigenvalue weighted by Gasteiger charge is -2.29. The van der Waals surface area contributed by atoms with E-state index < -0.39 is 12.2 Å². The standard InChI is InChI=1S/C18H28N2O4/c1-13(2)23-17(21)19-20(18(22)24-14(3)4)15(5)11-12-16-9-7-6-8-10-16/h6-10,13-15H,11-12H2,1-5H3,(H,19,21). The van der Waals surface area contributed by atoms with Gasteiger partial charge in [-0.15, -0.1) is 0 Å². The fraction of sp³-hybridized carbons (Fsp3) is 0.556. The van der Waals surface area contributed by atoms with Crippen molar-refractivity contribution in [1.29, 1.82) is 0 Å². The zero-order chi connectivity index (χ0) is 18.1. The number of nitrogens with zero attached hydrogens (tertiary/aromatic N) is 1. The van der Waals surface area contributed by atoms with Gasteiger partial charge in [0.1, 0.15) is 0 Å². The van der Waals surface area contributed by atoms with Crippen LogP contribution in [-0.4, -0.2) is 35.4 Å². The highest BCUT2D eigenvalue weighted by Gasteiger charge is 2.25. The predicted octanol–water partition coefficient (Wildman–Crippen LogP) is 3.90. The van der Waals surface area contributed by atoms with E-state index >= 15 is 0 Å². The van der Waals surface area contributed by atoms with Crippen molar-refractivity contribution >= 4 is 12.2 Å². The van der Waals surface area contributed by atoms with Gasteiger partial charge in [-0.05, 0) is 53.0 Å². The Hall–Kier alpha value is -2.24. The summed E-state index contributed by atoms with van der Waals surface area (Å²) in [6, 6.07) is 9.74. The minimum Gasteiger partial charge on any atom is -0.446 e. The van der Waals surface area contributed by atoms with E-state index in [1.165, 1.54) is 10.6 Å². The Morgan fingerprint density at radius 2 is 1.58 bits per heavy atom. The van der Waals surface area contributed by atoms with Crippen LogP contribution in [-0.2, 0) is 15.9 Å². The summed E-state index contributed by atoms with van der Waals surface area (Å²) >= 11 is 0. The first-order valence-electron chi connectivity index (χ1n) is 8.30. The maximum Gasteiger partial charge on any atom is 0.429 e. The third-order valence-corrected chi connectivity index (χ3v) is 3.22. The average Bonchev–Trinajstić information content (AvgIpc) is 2.49. The molecule has 24 heavy (non-hydrogen) atoms. The molecule has 1 aromatic carbocycles. The number of carbonyl (C=O) groups is 2.